The maximum absolute atomic E-state index is 13.0. The summed E-state index contributed by atoms with van der Waals surface area (Å²) in [6.45, 7) is 0.472. The summed E-state index contributed by atoms with van der Waals surface area (Å²) in [5, 5.41) is 11.3. The zero-order chi connectivity index (χ0) is 16.4. The van der Waals surface area contributed by atoms with E-state index in [9.17, 15) is 19.1 Å². The molecule has 0 spiro atoms. The van der Waals surface area contributed by atoms with Crippen molar-refractivity contribution in [2.45, 2.75) is 6.04 Å². The van der Waals surface area contributed by atoms with Crippen molar-refractivity contribution in [3.8, 4) is 10.6 Å². The average Bonchev–Trinajstić information content (AvgIpc) is 3.04. The molecule has 6 nitrogen and oxygen atoms in total. The van der Waals surface area contributed by atoms with Crippen molar-refractivity contribution in [3.05, 3.63) is 41.2 Å². The quantitative estimate of drug-likeness (QED) is 0.926. The summed E-state index contributed by atoms with van der Waals surface area (Å²) in [7, 11) is 0. The molecule has 1 aliphatic heterocycles. The molecule has 0 unspecified atom stereocenters. The molecule has 1 fully saturated rings. The van der Waals surface area contributed by atoms with Crippen molar-refractivity contribution in [2.24, 2.45) is 0 Å². The van der Waals surface area contributed by atoms with Gasteiger partial charge in [-0.15, -0.1) is 11.3 Å². The Morgan fingerprint density at radius 3 is 2.78 bits per heavy atom. The lowest BCUT2D eigenvalue weighted by atomic mass is 10.2. The molecule has 0 bridgehead atoms. The second kappa shape index (κ2) is 6.43. The third-order valence-corrected chi connectivity index (χ3v) is 4.38. The van der Waals surface area contributed by atoms with Crippen LogP contribution in [0.2, 0.25) is 0 Å². The topological polar surface area (TPSA) is 79.7 Å². The monoisotopic (exact) mass is 336 g/mol. The molecule has 1 aromatic heterocycles. The molecule has 23 heavy (non-hydrogen) atoms. The lowest BCUT2D eigenvalue weighted by Crippen LogP contribution is -2.52. The summed E-state index contributed by atoms with van der Waals surface area (Å²) >= 11 is 1.25. The van der Waals surface area contributed by atoms with Gasteiger partial charge >= 0.3 is 5.97 Å². The summed E-state index contributed by atoms with van der Waals surface area (Å²) in [6.07, 6.45) is 0. The molecular weight excluding hydrogens is 323 g/mol. The van der Waals surface area contributed by atoms with Gasteiger partial charge in [0, 0.05) is 17.5 Å². The summed E-state index contributed by atoms with van der Waals surface area (Å²) in [6, 6.07) is 4.79. The number of morpholine rings is 1. The molecular formula is C15H13FN2O4S. The molecule has 1 aromatic carbocycles. The van der Waals surface area contributed by atoms with E-state index in [1.165, 1.54) is 28.4 Å². The van der Waals surface area contributed by atoms with Crippen LogP contribution in [-0.4, -0.2) is 52.7 Å². The van der Waals surface area contributed by atoms with Gasteiger partial charge in [-0.1, -0.05) is 0 Å². The molecule has 2 heterocycles. The van der Waals surface area contributed by atoms with Crippen molar-refractivity contribution in [2.75, 3.05) is 19.8 Å². The average molecular weight is 336 g/mol. The highest BCUT2D eigenvalue weighted by Gasteiger charge is 2.34. The van der Waals surface area contributed by atoms with E-state index in [1.54, 1.807) is 17.5 Å². The molecule has 8 heteroatoms. The predicted molar refractivity (Wildman–Crippen MR) is 80.8 cm³/mol. The van der Waals surface area contributed by atoms with E-state index in [2.05, 4.69) is 4.98 Å². The van der Waals surface area contributed by atoms with Crippen LogP contribution in [-0.2, 0) is 9.53 Å². The van der Waals surface area contributed by atoms with Gasteiger partial charge in [0.05, 0.1) is 13.2 Å². The predicted octanol–water partition coefficient (Wildman–Crippen LogP) is 1.87. The highest BCUT2D eigenvalue weighted by atomic mass is 32.1. The van der Waals surface area contributed by atoms with E-state index in [-0.39, 0.29) is 24.7 Å². The van der Waals surface area contributed by atoms with Crippen molar-refractivity contribution in [1.29, 1.82) is 0 Å². The molecule has 0 radical (unpaired) electrons. The van der Waals surface area contributed by atoms with Crippen LogP contribution in [0.4, 0.5) is 4.39 Å². The molecule has 1 aliphatic rings. The first-order valence-corrected chi connectivity index (χ1v) is 7.77. The van der Waals surface area contributed by atoms with Gasteiger partial charge in [0.2, 0.25) is 0 Å². The number of carbonyl (C=O) groups is 2. The Hall–Kier alpha value is -2.32. The number of benzene rings is 1. The normalized spacial score (nSPS) is 18.0. The molecule has 2 aromatic rings. The molecule has 1 atom stereocenters. The van der Waals surface area contributed by atoms with Crippen LogP contribution < -0.4 is 0 Å². The minimum Gasteiger partial charge on any atom is -0.480 e. The number of carboxylic acid groups (broad SMARTS) is 1. The first kappa shape index (κ1) is 15.6. The number of hydrogen-bond acceptors (Lipinski definition) is 5. The van der Waals surface area contributed by atoms with Gasteiger partial charge in [-0.25, -0.2) is 14.2 Å². The maximum atomic E-state index is 13.0. The van der Waals surface area contributed by atoms with Crippen molar-refractivity contribution in [3.63, 3.8) is 0 Å². The molecule has 0 saturated carbocycles. The number of thiazole rings is 1. The fourth-order valence-electron chi connectivity index (χ4n) is 2.30. The highest BCUT2D eigenvalue weighted by Crippen LogP contribution is 2.25. The van der Waals surface area contributed by atoms with Crippen molar-refractivity contribution >= 4 is 23.2 Å². The van der Waals surface area contributed by atoms with E-state index in [4.69, 9.17) is 4.74 Å². The van der Waals surface area contributed by atoms with Gasteiger partial charge in [0.1, 0.15) is 16.5 Å². The molecule has 1 saturated heterocycles. The van der Waals surface area contributed by atoms with Gasteiger partial charge < -0.3 is 14.7 Å². The molecule has 0 aliphatic carbocycles. The fourth-order valence-corrected chi connectivity index (χ4v) is 3.10. The largest absolute Gasteiger partial charge is 0.480 e. The van der Waals surface area contributed by atoms with Gasteiger partial charge in [-0.05, 0) is 24.3 Å². The Bertz CT molecular complexity index is 731. The number of hydrogen-bond donors (Lipinski definition) is 1. The van der Waals surface area contributed by atoms with Crippen LogP contribution in [0.25, 0.3) is 10.6 Å². The summed E-state index contributed by atoms with van der Waals surface area (Å²) in [4.78, 5) is 29.2. The molecule has 1 amide bonds. The zero-order valence-corrected chi connectivity index (χ0v) is 12.8. The van der Waals surface area contributed by atoms with Gasteiger partial charge in [0.25, 0.3) is 5.91 Å². The Morgan fingerprint density at radius 1 is 1.35 bits per heavy atom. The van der Waals surface area contributed by atoms with E-state index >= 15 is 0 Å². The summed E-state index contributed by atoms with van der Waals surface area (Å²) in [5.74, 6) is -1.89. The number of halogens is 1. The van der Waals surface area contributed by atoms with E-state index in [0.717, 1.165) is 0 Å². The summed E-state index contributed by atoms with van der Waals surface area (Å²) < 4.78 is 18.1. The maximum Gasteiger partial charge on any atom is 0.328 e. The second-order valence-electron chi connectivity index (χ2n) is 4.97. The van der Waals surface area contributed by atoms with Gasteiger partial charge in [0.15, 0.2) is 6.04 Å². The number of rotatable bonds is 3. The molecule has 3 rings (SSSR count). The zero-order valence-electron chi connectivity index (χ0n) is 11.9. The number of carboxylic acids is 1. The standard InChI is InChI=1S/C15H13FN2O4S/c16-10-3-1-9(2-4-10)13-17-11(8-23-13)14(19)18-5-6-22-7-12(18)15(20)21/h1-4,8,12H,5-7H2,(H,20,21)/t12-/m1/s1. The highest BCUT2D eigenvalue weighted by molar-refractivity contribution is 7.13. The Balaban J connectivity index is 1.83. The van der Waals surface area contributed by atoms with Crippen LogP contribution in [0.3, 0.4) is 0 Å². The van der Waals surface area contributed by atoms with E-state index in [1.807, 2.05) is 0 Å². The SMILES string of the molecule is O=C(O)[C@H]1COCCN1C(=O)c1csc(-c2ccc(F)cc2)n1. The number of amides is 1. The molecule has 120 valence electrons. The van der Waals surface area contributed by atoms with E-state index in [0.29, 0.717) is 17.2 Å². The smallest absolute Gasteiger partial charge is 0.328 e. The van der Waals surface area contributed by atoms with Crippen LogP contribution in [0.15, 0.2) is 29.6 Å². The Morgan fingerprint density at radius 2 is 2.09 bits per heavy atom. The van der Waals surface area contributed by atoms with Crippen LogP contribution in [0.1, 0.15) is 10.5 Å². The van der Waals surface area contributed by atoms with Crippen LogP contribution in [0.5, 0.6) is 0 Å². The number of ether oxygens (including phenoxy) is 1. The lowest BCUT2D eigenvalue weighted by Gasteiger charge is -2.32. The van der Waals surface area contributed by atoms with Crippen LogP contribution >= 0.6 is 11.3 Å². The van der Waals surface area contributed by atoms with Crippen LogP contribution in [0, 0.1) is 5.82 Å². The lowest BCUT2D eigenvalue weighted by molar-refractivity contribution is -0.147. The third kappa shape index (κ3) is 3.22. The van der Waals surface area contributed by atoms with Gasteiger partial charge in [-0.2, -0.15) is 0 Å². The number of aliphatic carboxylic acids is 1. The minimum absolute atomic E-state index is 0.0317. The molecule has 1 N–H and O–H groups in total. The summed E-state index contributed by atoms with van der Waals surface area (Å²) in [5.41, 5.74) is 0.884. The third-order valence-electron chi connectivity index (χ3n) is 3.49. The minimum atomic E-state index is -1.10. The first-order valence-electron chi connectivity index (χ1n) is 6.89. The Labute approximate surface area is 135 Å². The number of nitrogens with zero attached hydrogens (tertiary/aromatic N) is 2. The van der Waals surface area contributed by atoms with E-state index < -0.39 is 17.9 Å². The van der Waals surface area contributed by atoms with Crippen molar-refractivity contribution in [1.82, 2.24) is 9.88 Å². The fraction of sp³-hybridized carbons (Fsp3) is 0.267. The first-order chi connectivity index (χ1) is 11.1. The number of carbonyl (C=O) groups excluding carboxylic acids is 1. The second-order valence-corrected chi connectivity index (χ2v) is 5.83. The Kier molecular flexibility index (Phi) is 4.35. The van der Waals surface area contributed by atoms with Gasteiger partial charge in [-0.3, -0.25) is 4.79 Å². The van der Waals surface area contributed by atoms with Crippen molar-refractivity contribution < 1.29 is 23.8 Å². The number of aromatic nitrogens is 1.